The van der Waals surface area contributed by atoms with Gasteiger partial charge in [0.25, 0.3) is 0 Å². The molecule has 88 valence electrons. The van der Waals surface area contributed by atoms with Crippen molar-refractivity contribution in [1.29, 1.82) is 0 Å². The van der Waals surface area contributed by atoms with Crippen LogP contribution in [0.5, 0.6) is 0 Å². The Labute approximate surface area is 99.2 Å². The number of aromatic nitrogens is 2. The van der Waals surface area contributed by atoms with Gasteiger partial charge in [0, 0.05) is 19.0 Å². The number of hydrogen-bond acceptors (Lipinski definition) is 5. The monoisotopic (exact) mass is 231 g/mol. The van der Waals surface area contributed by atoms with Crippen LogP contribution in [-0.2, 0) is 11.3 Å². The molecule has 0 saturated heterocycles. The summed E-state index contributed by atoms with van der Waals surface area (Å²) >= 11 is 0. The number of hydrogen-bond donors (Lipinski definition) is 0. The van der Waals surface area contributed by atoms with E-state index < -0.39 is 0 Å². The topological polar surface area (TPSA) is 60.5 Å². The smallest absolute Gasteiger partial charge is 0.249 e. The van der Waals surface area contributed by atoms with Crippen molar-refractivity contribution in [3.05, 3.63) is 41.6 Å². The molecule has 0 bridgehead atoms. The average Bonchev–Trinajstić information content (AvgIpc) is 2.75. The first-order valence-electron chi connectivity index (χ1n) is 5.19. The predicted molar refractivity (Wildman–Crippen MR) is 63.4 cm³/mol. The number of aryl methyl sites for hydroxylation is 1. The summed E-state index contributed by atoms with van der Waals surface area (Å²) in [6, 6.07) is 5.50. The lowest BCUT2D eigenvalue weighted by atomic mass is 10.4. The molecule has 0 unspecified atom stereocenters. The lowest BCUT2D eigenvalue weighted by Gasteiger charge is -1.93. The summed E-state index contributed by atoms with van der Waals surface area (Å²) in [7, 11) is 1.62. The summed E-state index contributed by atoms with van der Waals surface area (Å²) in [5.74, 6) is 1.84. The lowest BCUT2D eigenvalue weighted by Crippen LogP contribution is -1.85. The average molecular weight is 231 g/mol. The van der Waals surface area contributed by atoms with Gasteiger partial charge in [-0.05, 0) is 25.1 Å². The quantitative estimate of drug-likeness (QED) is 0.757. The SMILES string of the molecule is COCc1ccc(C=Nc2nccc(C)n2)o1. The summed E-state index contributed by atoms with van der Waals surface area (Å²) < 4.78 is 10.4. The molecule has 0 aromatic carbocycles. The summed E-state index contributed by atoms with van der Waals surface area (Å²) in [5, 5.41) is 0. The van der Waals surface area contributed by atoms with Gasteiger partial charge in [-0.3, -0.25) is 0 Å². The molecule has 2 aromatic heterocycles. The van der Waals surface area contributed by atoms with E-state index in [1.54, 1.807) is 19.5 Å². The molecule has 0 radical (unpaired) electrons. The third kappa shape index (κ3) is 3.22. The fraction of sp³-hybridized carbons (Fsp3) is 0.250. The van der Waals surface area contributed by atoms with Crippen molar-refractivity contribution in [3.63, 3.8) is 0 Å². The zero-order valence-electron chi connectivity index (χ0n) is 9.75. The van der Waals surface area contributed by atoms with Gasteiger partial charge in [0.1, 0.15) is 18.1 Å². The van der Waals surface area contributed by atoms with Crippen molar-refractivity contribution in [1.82, 2.24) is 9.97 Å². The summed E-state index contributed by atoms with van der Waals surface area (Å²) in [6.07, 6.45) is 3.27. The van der Waals surface area contributed by atoms with E-state index in [0.717, 1.165) is 11.5 Å². The minimum atomic E-state index is 0.426. The lowest BCUT2D eigenvalue weighted by molar-refractivity contribution is 0.164. The predicted octanol–water partition coefficient (Wildman–Crippen LogP) is 2.28. The largest absolute Gasteiger partial charge is 0.458 e. The Hall–Kier alpha value is -2.01. The standard InChI is InChI=1S/C12H13N3O2/c1-9-5-6-13-12(15-9)14-7-10-3-4-11(17-10)8-16-2/h3-7H,8H2,1-2H3. The Morgan fingerprint density at radius 2 is 2.29 bits per heavy atom. The van der Waals surface area contributed by atoms with Gasteiger partial charge in [-0.25, -0.2) is 15.0 Å². The van der Waals surface area contributed by atoms with Crippen LogP contribution in [-0.4, -0.2) is 23.3 Å². The minimum Gasteiger partial charge on any atom is -0.458 e. The first-order chi connectivity index (χ1) is 8.28. The van der Waals surface area contributed by atoms with Gasteiger partial charge in [0.15, 0.2) is 0 Å². The van der Waals surface area contributed by atoms with Crippen molar-refractivity contribution >= 4 is 12.2 Å². The van der Waals surface area contributed by atoms with Crippen molar-refractivity contribution in [2.45, 2.75) is 13.5 Å². The Bertz CT molecular complexity index is 520. The van der Waals surface area contributed by atoms with Crippen molar-refractivity contribution in [3.8, 4) is 0 Å². The van der Waals surface area contributed by atoms with Gasteiger partial charge in [0.2, 0.25) is 5.95 Å². The normalized spacial score (nSPS) is 11.2. The number of ether oxygens (including phenoxy) is 1. The number of nitrogens with zero attached hydrogens (tertiary/aromatic N) is 3. The van der Waals surface area contributed by atoms with Crippen molar-refractivity contribution in [2.24, 2.45) is 4.99 Å². The molecule has 0 aliphatic rings. The Balaban J connectivity index is 2.09. The van der Waals surface area contributed by atoms with Crippen LogP contribution >= 0.6 is 0 Å². The number of aliphatic imine (C=N–C) groups is 1. The van der Waals surface area contributed by atoms with Crippen LogP contribution in [0.4, 0.5) is 5.95 Å². The third-order valence-electron chi connectivity index (χ3n) is 2.06. The number of rotatable bonds is 4. The number of methoxy groups -OCH3 is 1. The molecule has 5 nitrogen and oxygen atoms in total. The van der Waals surface area contributed by atoms with E-state index in [4.69, 9.17) is 9.15 Å². The minimum absolute atomic E-state index is 0.426. The second kappa shape index (κ2) is 5.36. The van der Waals surface area contributed by atoms with Crippen LogP contribution < -0.4 is 0 Å². The maximum absolute atomic E-state index is 5.45. The van der Waals surface area contributed by atoms with E-state index in [1.165, 1.54) is 0 Å². The molecule has 0 aliphatic heterocycles. The van der Waals surface area contributed by atoms with Crippen LogP contribution in [0, 0.1) is 6.92 Å². The van der Waals surface area contributed by atoms with Gasteiger partial charge >= 0.3 is 0 Å². The van der Waals surface area contributed by atoms with Crippen LogP contribution in [0.1, 0.15) is 17.2 Å². The van der Waals surface area contributed by atoms with Crippen LogP contribution in [0.2, 0.25) is 0 Å². The maximum Gasteiger partial charge on any atom is 0.249 e. The molecule has 2 aromatic rings. The van der Waals surface area contributed by atoms with Crippen LogP contribution in [0.15, 0.2) is 33.8 Å². The van der Waals surface area contributed by atoms with Gasteiger partial charge < -0.3 is 9.15 Å². The van der Waals surface area contributed by atoms with E-state index in [2.05, 4.69) is 15.0 Å². The van der Waals surface area contributed by atoms with Crippen molar-refractivity contribution in [2.75, 3.05) is 7.11 Å². The second-order valence-electron chi connectivity index (χ2n) is 3.49. The highest BCUT2D eigenvalue weighted by Crippen LogP contribution is 2.08. The zero-order valence-corrected chi connectivity index (χ0v) is 9.75. The second-order valence-corrected chi connectivity index (χ2v) is 3.49. The van der Waals surface area contributed by atoms with E-state index in [-0.39, 0.29) is 0 Å². The Morgan fingerprint density at radius 3 is 3.06 bits per heavy atom. The van der Waals surface area contributed by atoms with E-state index in [9.17, 15) is 0 Å². The molecule has 0 N–H and O–H groups in total. The molecule has 0 fully saturated rings. The number of furan rings is 1. The fourth-order valence-electron chi connectivity index (χ4n) is 1.30. The molecule has 0 atom stereocenters. The van der Waals surface area contributed by atoms with Gasteiger partial charge in [-0.1, -0.05) is 0 Å². The molecular weight excluding hydrogens is 218 g/mol. The third-order valence-corrected chi connectivity index (χ3v) is 2.06. The Morgan fingerprint density at radius 1 is 1.41 bits per heavy atom. The summed E-state index contributed by atoms with van der Waals surface area (Å²) in [5.41, 5.74) is 0.881. The Kier molecular flexibility index (Phi) is 3.62. The highest BCUT2D eigenvalue weighted by atomic mass is 16.5. The first-order valence-corrected chi connectivity index (χ1v) is 5.19. The van der Waals surface area contributed by atoms with Crippen LogP contribution in [0.25, 0.3) is 0 Å². The van der Waals surface area contributed by atoms with Gasteiger partial charge in [0.05, 0.1) is 6.21 Å². The molecule has 2 heterocycles. The molecule has 5 heteroatoms. The van der Waals surface area contributed by atoms with Crippen molar-refractivity contribution < 1.29 is 9.15 Å². The highest BCUT2D eigenvalue weighted by molar-refractivity contribution is 5.77. The van der Waals surface area contributed by atoms with Gasteiger partial charge in [-0.2, -0.15) is 0 Å². The van der Waals surface area contributed by atoms with E-state index >= 15 is 0 Å². The molecule has 17 heavy (non-hydrogen) atoms. The molecular formula is C12H13N3O2. The molecule has 0 saturated carbocycles. The summed E-state index contributed by atoms with van der Waals surface area (Å²) in [4.78, 5) is 12.3. The van der Waals surface area contributed by atoms with Crippen LogP contribution in [0.3, 0.4) is 0 Å². The summed E-state index contributed by atoms with van der Waals surface area (Å²) in [6.45, 7) is 2.35. The molecule has 0 aliphatic carbocycles. The zero-order chi connectivity index (χ0) is 12.1. The highest BCUT2D eigenvalue weighted by Gasteiger charge is 1.99. The first kappa shape index (κ1) is 11.5. The maximum atomic E-state index is 5.45. The van der Waals surface area contributed by atoms with E-state index in [0.29, 0.717) is 18.3 Å². The molecule has 0 spiro atoms. The van der Waals surface area contributed by atoms with E-state index in [1.807, 2.05) is 25.1 Å². The molecule has 0 amide bonds. The van der Waals surface area contributed by atoms with Gasteiger partial charge in [-0.15, -0.1) is 0 Å². The fourth-order valence-corrected chi connectivity index (χ4v) is 1.30. The molecule has 2 rings (SSSR count).